The van der Waals surface area contributed by atoms with Crippen molar-refractivity contribution >= 4 is 39.7 Å². The fourth-order valence-electron chi connectivity index (χ4n) is 2.26. The van der Waals surface area contributed by atoms with Gasteiger partial charge in [0.25, 0.3) is 0 Å². The number of nitrogens with one attached hydrogen (secondary N) is 1. The third kappa shape index (κ3) is 4.58. The summed E-state index contributed by atoms with van der Waals surface area (Å²) in [5.74, 6) is 0.635. The smallest absolute Gasteiger partial charge is 0.182 e. The first-order chi connectivity index (χ1) is 12.6. The maximum Gasteiger partial charge on any atom is 0.182 e. The molecular formula is C18H15Cl2FN2O2S. The van der Waals surface area contributed by atoms with Gasteiger partial charge in [-0.15, -0.1) is 11.3 Å². The van der Waals surface area contributed by atoms with Crippen LogP contribution in [0.25, 0.3) is 0 Å². The third-order valence-corrected chi connectivity index (χ3v) is 5.03. The maximum atomic E-state index is 13.1. The van der Waals surface area contributed by atoms with Gasteiger partial charge in [-0.3, -0.25) is 0 Å². The van der Waals surface area contributed by atoms with Crippen molar-refractivity contribution in [1.29, 1.82) is 0 Å². The molecule has 2 aromatic carbocycles. The van der Waals surface area contributed by atoms with E-state index in [0.717, 1.165) is 10.7 Å². The van der Waals surface area contributed by atoms with Gasteiger partial charge >= 0.3 is 0 Å². The fourth-order valence-corrected chi connectivity index (χ4v) is 3.23. The number of aromatic nitrogens is 1. The Morgan fingerprint density at radius 1 is 1.12 bits per heavy atom. The highest BCUT2D eigenvalue weighted by Crippen LogP contribution is 2.34. The number of halogens is 3. The average Bonchev–Trinajstić information content (AvgIpc) is 3.13. The van der Waals surface area contributed by atoms with Crippen LogP contribution < -0.4 is 14.8 Å². The zero-order chi connectivity index (χ0) is 18.5. The monoisotopic (exact) mass is 412 g/mol. The van der Waals surface area contributed by atoms with Gasteiger partial charge < -0.3 is 14.8 Å². The van der Waals surface area contributed by atoms with Crippen LogP contribution in [0.15, 0.2) is 41.9 Å². The Kier molecular flexibility index (Phi) is 6.19. The highest BCUT2D eigenvalue weighted by Gasteiger charge is 2.12. The number of ether oxygens (including phenoxy) is 2. The lowest BCUT2D eigenvalue weighted by molar-refractivity contribution is 0.284. The van der Waals surface area contributed by atoms with Gasteiger partial charge in [-0.1, -0.05) is 29.3 Å². The van der Waals surface area contributed by atoms with Gasteiger partial charge in [-0.05, 0) is 23.8 Å². The number of rotatable bonds is 7. The first-order valence-electron chi connectivity index (χ1n) is 7.63. The minimum Gasteiger partial charge on any atom is -0.493 e. The molecule has 0 radical (unpaired) electrons. The van der Waals surface area contributed by atoms with E-state index < -0.39 is 5.82 Å². The van der Waals surface area contributed by atoms with Crippen LogP contribution in [-0.4, -0.2) is 12.1 Å². The Labute approximate surface area is 164 Å². The lowest BCUT2D eigenvalue weighted by atomic mass is 10.2. The molecule has 1 N–H and O–H groups in total. The predicted molar refractivity (Wildman–Crippen MR) is 103 cm³/mol. The van der Waals surface area contributed by atoms with Crippen molar-refractivity contribution in [2.45, 2.75) is 13.2 Å². The Morgan fingerprint density at radius 3 is 2.62 bits per heavy atom. The zero-order valence-corrected chi connectivity index (χ0v) is 16.1. The van der Waals surface area contributed by atoms with Crippen LogP contribution in [0.1, 0.15) is 11.1 Å². The Hall–Kier alpha value is -2.02. The van der Waals surface area contributed by atoms with E-state index in [2.05, 4.69) is 10.3 Å². The summed E-state index contributed by atoms with van der Waals surface area (Å²) in [5, 5.41) is 6.74. The molecule has 0 aliphatic rings. The van der Waals surface area contributed by atoms with Gasteiger partial charge in [-0.2, -0.15) is 0 Å². The van der Waals surface area contributed by atoms with Crippen molar-refractivity contribution in [3.05, 3.63) is 68.9 Å². The molecule has 0 aliphatic carbocycles. The quantitative estimate of drug-likeness (QED) is 0.533. The molecule has 8 heteroatoms. The van der Waals surface area contributed by atoms with Crippen molar-refractivity contribution in [3.63, 3.8) is 0 Å². The second kappa shape index (κ2) is 8.58. The molecule has 26 heavy (non-hydrogen) atoms. The summed E-state index contributed by atoms with van der Waals surface area (Å²) >= 11 is 13.9. The first-order valence-corrected chi connectivity index (χ1v) is 9.27. The molecule has 0 aliphatic heterocycles. The summed E-state index contributed by atoms with van der Waals surface area (Å²) in [4.78, 5) is 4.17. The molecule has 136 valence electrons. The molecule has 1 heterocycles. The van der Waals surface area contributed by atoms with Crippen molar-refractivity contribution < 1.29 is 13.9 Å². The molecule has 0 bridgehead atoms. The molecule has 0 saturated carbocycles. The number of hydrogen-bond donors (Lipinski definition) is 1. The van der Waals surface area contributed by atoms with Crippen molar-refractivity contribution in [2.24, 2.45) is 0 Å². The molecule has 0 unspecified atom stereocenters. The number of hydrogen-bond acceptors (Lipinski definition) is 5. The van der Waals surface area contributed by atoms with E-state index in [4.69, 9.17) is 32.7 Å². The van der Waals surface area contributed by atoms with E-state index >= 15 is 0 Å². The number of benzene rings is 2. The van der Waals surface area contributed by atoms with Crippen LogP contribution in [0.2, 0.25) is 10.0 Å². The molecule has 0 amide bonds. The second-order valence-electron chi connectivity index (χ2n) is 5.31. The summed E-state index contributed by atoms with van der Waals surface area (Å²) in [6.07, 6.45) is 1.73. The average molecular weight is 413 g/mol. The molecule has 0 saturated heterocycles. The van der Waals surface area contributed by atoms with Gasteiger partial charge in [0.1, 0.15) is 12.4 Å². The summed E-state index contributed by atoms with van der Waals surface area (Å²) in [7, 11) is 1.55. The van der Waals surface area contributed by atoms with E-state index in [1.807, 2.05) is 11.4 Å². The first kappa shape index (κ1) is 18.8. The molecule has 0 atom stereocenters. The van der Waals surface area contributed by atoms with Gasteiger partial charge in [0.15, 0.2) is 16.6 Å². The van der Waals surface area contributed by atoms with E-state index in [1.54, 1.807) is 25.4 Å². The normalized spacial score (nSPS) is 10.6. The molecular weight excluding hydrogens is 398 g/mol. The number of nitrogens with zero attached hydrogens (tertiary/aromatic N) is 1. The molecule has 3 rings (SSSR count). The Bertz CT molecular complexity index is 891. The minimum atomic E-state index is -0.392. The van der Waals surface area contributed by atoms with E-state index in [9.17, 15) is 4.39 Å². The SMILES string of the molecule is COc1cc(CNc2nccs2)c(Cl)cc1OCc1ccc(F)cc1Cl. The van der Waals surface area contributed by atoms with E-state index in [1.165, 1.54) is 23.5 Å². The number of anilines is 1. The lowest BCUT2D eigenvalue weighted by Gasteiger charge is -2.14. The largest absolute Gasteiger partial charge is 0.493 e. The zero-order valence-electron chi connectivity index (χ0n) is 13.8. The van der Waals surface area contributed by atoms with E-state index in [0.29, 0.717) is 33.7 Å². The standard InChI is InChI=1S/C18H15Cl2FN2O2S/c1-24-16-6-12(9-23-18-22-4-5-26-18)15(20)8-17(16)25-10-11-2-3-13(21)7-14(11)19/h2-8H,9-10H2,1H3,(H,22,23). The summed E-state index contributed by atoms with van der Waals surface area (Å²) in [6.45, 7) is 0.676. The van der Waals surface area contributed by atoms with Crippen molar-refractivity contribution in [1.82, 2.24) is 4.98 Å². The van der Waals surface area contributed by atoms with Crippen LogP contribution in [0.4, 0.5) is 9.52 Å². The Morgan fingerprint density at radius 2 is 1.92 bits per heavy atom. The second-order valence-corrected chi connectivity index (χ2v) is 7.02. The lowest BCUT2D eigenvalue weighted by Crippen LogP contribution is -2.03. The van der Waals surface area contributed by atoms with Gasteiger partial charge in [-0.25, -0.2) is 9.37 Å². The summed E-state index contributed by atoms with van der Waals surface area (Å²) in [5.41, 5.74) is 1.52. The molecule has 3 aromatic rings. The minimum absolute atomic E-state index is 0.169. The topological polar surface area (TPSA) is 43.4 Å². The van der Waals surface area contributed by atoms with Crippen LogP contribution in [0.3, 0.4) is 0 Å². The fraction of sp³-hybridized carbons (Fsp3) is 0.167. The number of thiazole rings is 1. The van der Waals surface area contributed by atoms with Gasteiger partial charge in [0.2, 0.25) is 0 Å². The van der Waals surface area contributed by atoms with Crippen LogP contribution in [-0.2, 0) is 13.2 Å². The highest BCUT2D eigenvalue weighted by molar-refractivity contribution is 7.13. The van der Waals surface area contributed by atoms with Crippen LogP contribution >= 0.6 is 34.5 Å². The van der Waals surface area contributed by atoms with Gasteiger partial charge in [0, 0.05) is 34.8 Å². The Balaban J connectivity index is 1.73. The third-order valence-electron chi connectivity index (χ3n) is 3.59. The highest BCUT2D eigenvalue weighted by atomic mass is 35.5. The maximum absolute atomic E-state index is 13.1. The van der Waals surface area contributed by atoms with Crippen molar-refractivity contribution in [3.8, 4) is 11.5 Å². The number of methoxy groups -OCH3 is 1. The van der Waals surface area contributed by atoms with Crippen LogP contribution in [0, 0.1) is 5.82 Å². The molecule has 4 nitrogen and oxygen atoms in total. The predicted octanol–water partition coefficient (Wildman–Crippen LogP) is 5.79. The molecule has 1 aromatic heterocycles. The van der Waals surface area contributed by atoms with Crippen LogP contribution in [0.5, 0.6) is 11.5 Å². The summed E-state index contributed by atoms with van der Waals surface area (Å²) < 4.78 is 24.3. The van der Waals surface area contributed by atoms with Crippen molar-refractivity contribution in [2.75, 3.05) is 12.4 Å². The summed E-state index contributed by atoms with van der Waals surface area (Å²) in [6, 6.07) is 7.67. The molecule has 0 spiro atoms. The van der Waals surface area contributed by atoms with Gasteiger partial charge in [0.05, 0.1) is 12.1 Å². The van der Waals surface area contributed by atoms with E-state index in [-0.39, 0.29) is 6.61 Å². The molecule has 0 fully saturated rings.